The highest BCUT2D eigenvalue weighted by Gasteiger charge is 2.72. The van der Waals surface area contributed by atoms with Gasteiger partial charge in [0, 0.05) is 13.0 Å². The molecule has 6 rings (SSSR count). The summed E-state index contributed by atoms with van der Waals surface area (Å²) < 4.78 is 13.2. The zero-order chi connectivity index (χ0) is 40.8. The van der Waals surface area contributed by atoms with Crippen LogP contribution in [0.4, 0.5) is 0 Å². The summed E-state index contributed by atoms with van der Waals surface area (Å²) in [5.74, 6) is -5.81. The lowest BCUT2D eigenvalue weighted by atomic mass is 9.43. The third-order valence-electron chi connectivity index (χ3n) is 12.9. The fraction of sp³-hybridized carbons (Fsp3) is 0.811. The van der Waals surface area contributed by atoms with E-state index in [1.165, 1.54) is 4.90 Å². The third kappa shape index (κ3) is 8.65. The molecule has 2 unspecified atom stereocenters. The molecule has 55 heavy (non-hydrogen) atoms. The molecule has 4 aliphatic carbocycles. The Kier molecular flexibility index (Phi) is 12.3. The number of likely N-dealkylation sites (tertiary alicyclic amines) is 1. The Labute approximate surface area is 322 Å². The van der Waals surface area contributed by atoms with Crippen LogP contribution < -0.4 is 27.0 Å². The molecule has 306 valence electrons. The van der Waals surface area contributed by atoms with E-state index in [-0.39, 0.29) is 23.8 Å². The highest BCUT2D eigenvalue weighted by Crippen LogP contribution is 2.66. The number of nitrogens with zero attached hydrogens (tertiary/aromatic N) is 1. The average molecular weight is 775 g/mol. The van der Waals surface area contributed by atoms with Crippen LogP contribution in [0.1, 0.15) is 106 Å². The number of aliphatic carboxylic acids is 2. The average Bonchev–Trinajstić information content (AvgIpc) is 3.52. The minimum Gasteiger partial charge on any atom is -0.481 e. The van der Waals surface area contributed by atoms with Gasteiger partial charge in [-0.15, -0.1) is 0 Å². The first-order valence-electron chi connectivity index (χ1n) is 19.7. The molecule has 2 aliphatic heterocycles. The van der Waals surface area contributed by atoms with Crippen LogP contribution in [0, 0.1) is 29.1 Å². The maximum absolute atomic E-state index is 14.2. The number of rotatable bonds is 17. The van der Waals surface area contributed by atoms with E-state index in [0.717, 1.165) is 12.8 Å². The molecule has 0 spiro atoms. The second kappa shape index (κ2) is 16.0. The van der Waals surface area contributed by atoms with Crippen molar-refractivity contribution in [3.05, 3.63) is 0 Å². The fourth-order valence-corrected chi connectivity index (χ4v) is 9.11. The van der Waals surface area contributed by atoms with Crippen LogP contribution in [0.2, 0.25) is 0 Å². The molecular weight excluding hydrogens is 715 g/mol. The van der Waals surface area contributed by atoms with Crippen molar-refractivity contribution in [3.8, 4) is 0 Å². The predicted molar refractivity (Wildman–Crippen MR) is 198 cm³/mol. The van der Waals surface area contributed by atoms with E-state index < -0.39 is 109 Å². The van der Waals surface area contributed by atoms with Gasteiger partial charge in [-0.2, -0.15) is 0 Å². The largest absolute Gasteiger partial charge is 0.485 e. The van der Waals surface area contributed by atoms with Crippen LogP contribution >= 0.6 is 0 Å². The van der Waals surface area contributed by atoms with E-state index in [1.807, 2.05) is 0 Å². The highest BCUT2D eigenvalue weighted by atomic mass is 16.7. The van der Waals surface area contributed by atoms with E-state index >= 15 is 0 Å². The Balaban J connectivity index is 1.22. The number of carbonyl (C=O) groups excluding carboxylic acids is 5. The quantitative estimate of drug-likeness (QED) is 0.0988. The van der Waals surface area contributed by atoms with Crippen molar-refractivity contribution in [2.45, 2.75) is 154 Å². The van der Waals surface area contributed by atoms with Crippen molar-refractivity contribution in [2.75, 3.05) is 6.54 Å². The second-order valence-electron chi connectivity index (χ2n) is 17.8. The third-order valence-corrected chi connectivity index (χ3v) is 12.9. The minimum absolute atomic E-state index is 0.0282. The van der Waals surface area contributed by atoms with E-state index in [2.05, 4.69) is 42.0 Å². The first kappa shape index (κ1) is 42.4. The van der Waals surface area contributed by atoms with Crippen molar-refractivity contribution in [2.24, 2.45) is 34.8 Å². The maximum Gasteiger partial charge on any atom is 0.485 e. The molecule has 2 saturated heterocycles. The Morgan fingerprint density at radius 1 is 0.873 bits per heavy atom. The van der Waals surface area contributed by atoms with E-state index in [1.54, 1.807) is 27.7 Å². The summed E-state index contributed by atoms with van der Waals surface area (Å²) in [6, 6.07) is -5.96. The van der Waals surface area contributed by atoms with Crippen LogP contribution in [-0.4, -0.2) is 118 Å². The lowest BCUT2D eigenvalue weighted by Crippen LogP contribution is -2.65. The summed E-state index contributed by atoms with van der Waals surface area (Å²) in [7, 11) is -0.573. The van der Waals surface area contributed by atoms with Crippen molar-refractivity contribution < 1.29 is 53.1 Å². The first-order chi connectivity index (χ1) is 25.6. The molecule has 0 aromatic rings. The number of amides is 5. The lowest BCUT2D eigenvalue weighted by molar-refractivity contribution is -0.199. The summed E-state index contributed by atoms with van der Waals surface area (Å²) in [5.41, 5.74) is 4.73. The predicted octanol–water partition coefficient (Wildman–Crippen LogP) is 0.327. The normalized spacial score (nSPS) is 29.3. The summed E-state index contributed by atoms with van der Waals surface area (Å²) in [4.78, 5) is 91.7. The molecule has 0 aromatic carbocycles. The number of carbonyl (C=O) groups is 7. The molecule has 0 aromatic heterocycles. The number of carboxylic acid groups (broad SMARTS) is 2. The first-order valence-corrected chi connectivity index (χ1v) is 19.7. The fourth-order valence-electron chi connectivity index (χ4n) is 9.11. The SMILES string of the molecule is CC(C)[C@H](NC(=O)[C@H](CCC(=O)O)NC(=O)[C@@H](N)CC(=O)O)C(=O)N[C@H](C(=O)N1CCC[C@H]1C(=O)NC1(B2O[C@@H]3CC4CC(C4(C)C)[C@]3(C)O2)CC1)C(C)C. The number of nitrogens with two attached hydrogens (primary N) is 1. The second-order valence-corrected chi connectivity index (χ2v) is 17.8. The smallest absolute Gasteiger partial charge is 0.481 e. The number of hydrogen-bond donors (Lipinski definition) is 7. The highest BCUT2D eigenvalue weighted by molar-refractivity contribution is 6.51. The van der Waals surface area contributed by atoms with Gasteiger partial charge in [-0.25, -0.2) is 0 Å². The van der Waals surface area contributed by atoms with Crippen LogP contribution in [0.3, 0.4) is 0 Å². The number of hydrogen-bond acceptors (Lipinski definition) is 10. The van der Waals surface area contributed by atoms with Gasteiger partial charge in [0.2, 0.25) is 29.5 Å². The van der Waals surface area contributed by atoms with Crippen molar-refractivity contribution in [1.29, 1.82) is 0 Å². The van der Waals surface area contributed by atoms with Crippen LogP contribution in [-0.2, 0) is 42.9 Å². The summed E-state index contributed by atoms with van der Waals surface area (Å²) >= 11 is 0. The summed E-state index contributed by atoms with van der Waals surface area (Å²) in [6.45, 7) is 13.9. The lowest BCUT2D eigenvalue weighted by Gasteiger charge is -2.64. The molecule has 0 radical (unpaired) electrons. The van der Waals surface area contributed by atoms with Crippen LogP contribution in [0.5, 0.6) is 0 Å². The van der Waals surface area contributed by atoms with Gasteiger partial charge in [0.05, 0.1) is 29.6 Å². The summed E-state index contributed by atoms with van der Waals surface area (Å²) in [5, 5.41) is 29.1. The topological polar surface area (TPSA) is 256 Å². The van der Waals surface area contributed by atoms with Gasteiger partial charge in [0.15, 0.2) is 0 Å². The van der Waals surface area contributed by atoms with Gasteiger partial charge in [-0.1, -0.05) is 41.5 Å². The zero-order valence-electron chi connectivity index (χ0n) is 33.0. The molecule has 6 aliphatic rings. The van der Waals surface area contributed by atoms with Gasteiger partial charge in [-0.3, -0.25) is 33.6 Å². The molecule has 9 atom stereocenters. The van der Waals surface area contributed by atoms with Gasteiger partial charge in [0.1, 0.15) is 24.2 Å². The van der Waals surface area contributed by atoms with Gasteiger partial charge in [-0.05, 0) is 81.0 Å². The van der Waals surface area contributed by atoms with Crippen molar-refractivity contribution in [3.63, 3.8) is 0 Å². The molecule has 2 bridgehead atoms. The molecule has 2 heterocycles. The zero-order valence-corrected chi connectivity index (χ0v) is 33.0. The molecule has 17 nitrogen and oxygen atoms in total. The number of carboxylic acids is 2. The Morgan fingerprint density at radius 2 is 1.51 bits per heavy atom. The Morgan fingerprint density at radius 3 is 2.07 bits per heavy atom. The Hall–Kier alpha value is -3.77. The molecule has 18 heteroatoms. The summed E-state index contributed by atoms with van der Waals surface area (Å²) in [6.07, 6.45) is 2.87. The number of nitrogens with one attached hydrogen (secondary N) is 4. The monoisotopic (exact) mass is 774 g/mol. The van der Waals surface area contributed by atoms with E-state index in [0.29, 0.717) is 44.1 Å². The Bertz CT molecular complexity index is 1550. The molecule has 5 amide bonds. The standard InChI is InChI=1S/C37H59BN6O11/c1-18(2)28(41-31(50)22(10-11-26(45)46)40-30(49)21(39)17-27(47)48)33(52)42-29(19(3)4)34(53)44-14-8-9-23(44)32(51)43-37(12-13-37)38-54-25-16-20-15-24(35(20,5)6)36(25,7)55-38/h18-25,28-29H,8-17,39H2,1-7H3,(H,40,49)(H,41,50)(H,42,52)(H,43,51)(H,45,46)(H,47,48)/t20?,21-,22-,23-,24?,25+,28-,29-,36-/m0/s1. The maximum atomic E-state index is 14.2. The van der Waals surface area contributed by atoms with E-state index in [4.69, 9.17) is 20.1 Å². The van der Waals surface area contributed by atoms with Crippen LogP contribution in [0.25, 0.3) is 0 Å². The van der Waals surface area contributed by atoms with Gasteiger partial charge >= 0.3 is 19.1 Å². The van der Waals surface area contributed by atoms with Gasteiger partial charge < -0.3 is 51.4 Å². The molecular formula is C37H59BN6O11. The van der Waals surface area contributed by atoms with E-state index in [9.17, 15) is 38.7 Å². The van der Waals surface area contributed by atoms with Crippen molar-refractivity contribution in [1.82, 2.24) is 26.2 Å². The molecule has 6 fully saturated rings. The van der Waals surface area contributed by atoms with Crippen molar-refractivity contribution >= 4 is 48.6 Å². The van der Waals surface area contributed by atoms with Crippen LogP contribution in [0.15, 0.2) is 0 Å². The minimum atomic E-state index is -1.50. The molecule has 4 saturated carbocycles. The van der Waals surface area contributed by atoms with Gasteiger partial charge in [0.25, 0.3) is 0 Å². The molecule has 8 N–H and O–H groups in total.